The van der Waals surface area contributed by atoms with E-state index in [1.54, 1.807) is 18.2 Å². The molecule has 2 aromatic carbocycles. The number of carbonyl (C=O) groups excluding carboxylic acids is 2. The molecule has 0 saturated heterocycles. The predicted octanol–water partition coefficient (Wildman–Crippen LogP) is 2.56. The van der Waals surface area contributed by atoms with Gasteiger partial charge in [-0.1, -0.05) is 23.2 Å². The summed E-state index contributed by atoms with van der Waals surface area (Å²) >= 11 is 11.5. The first-order valence-electron chi connectivity index (χ1n) is 9.24. The number of hydroxylamine groups is 1. The summed E-state index contributed by atoms with van der Waals surface area (Å²) in [7, 11) is 0. The number of rotatable bonds is 8. The molecule has 0 fully saturated rings. The van der Waals surface area contributed by atoms with Gasteiger partial charge in [0.25, 0.3) is 11.8 Å². The van der Waals surface area contributed by atoms with Crippen LogP contribution >= 0.6 is 23.2 Å². The van der Waals surface area contributed by atoms with Crippen molar-refractivity contribution in [1.82, 2.24) is 10.8 Å². The van der Waals surface area contributed by atoms with Crippen LogP contribution in [0.2, 0.25) is 10.0 Å². The topological polar surface area (TPSA) is 106 Å². The zero-order valence-corrected chi connectivity index (χ0v) is 17.6. The lowest BCUT2D eigenvalue weighted by Gasteiger charge is -2.28. The normalized spacial score (nSPS) is 17.3. The first kappa shape index (κ1) is 23.1. The number of fused-ring (bicyclic) bond motifs is 1. The number of nitrogens with one attached hydrogen (secondary N) is 2. The van der Waals surface area contributed by atoms with E-state index in [9.17, 15) is 19.1 Å². The van der Waals surface area contributed by atoms with Gasteiger partial charge in [-0.15, -0.1) is 0 Å². The van der Waals surface area contributed by atoms with Gasteiger partial charge in [-0.3, -0.25) is 14.4 Å². The molecule has 3 rings (SSSR count). The van der Waals surface area contributed by atoms with E-state index in [4.69, 9.17) is 37.5 Å². The SMILES string of the molecule is O=C(COc1ccc(Cl)c(F)c1)NOCCNC(=O)[C@@H]1C[C@H](O)c2cc(Cl)ccc2O1. The number of hydrogen-bond acceptors (Lipinski definition) is 6. The second-order valence-corrected chi connectivity index (χ2v) is 7.41. The summed E-state index contributed by atoms with van der Waals surface area (Å²) in [5.41, 5.74) is 2.67. The molecule has 0 saturated carbocycles. The number of ether oxygens (including phenoxy) is 2. The zero-order chi connectivity index (χ0) is 22.4. The number of benzene rings is 2. The smallest absolute Gasteiger partial charge is 0.281 e. The molecule has 2 aromatic rings. The summed E-state index contributed by atoms with van der Waals surface area (Å²) in [4.78, 5) is 28.9. The predicted molar refractivity (Wildman–Crippen MR) is 109 cm³/mol. The van der Waals surface area contributed by atoms with Crippen LogP contribution in [-0.4, -0.2) is 42.8 Å². The summed E-state index contributed by atoms with van der Waals surface area (Å²) in [5, 5.41) is 13.2. The first-order valence-corrected chi connectivity index (χ1v) is 9.99. The highest BCUT2D eigenvalue weighted by atomic mass is 35.5. The summed E-state index contributed by atoms with van der Waals surface area (Å²) in [6, 6.07) is 8.59. The van der Waals surface area contributed by atoms with Gasteiger partial charge in [0, 0.05) is 29.6 Å². The minimum atomic E-state index is -0.872. The van der Waals surface area contributed by atoms with Crippen LogP contribution in [-0.2, 0) is 14.4 Å². The molecule has 1 aliphatic rings. The molecule has 0 radical (unpaired) electrons. The van der Waals surface area contributed by atoms with E-state index in [-0.39, 0.29) is 30.3 Å². The monoisotopic (exact) mass is 472 g/mol. The average molecular weight is 473 g/mol. The van der Waals surface area contributed by atoms with Crippen molar-refractivity contribution in [2.75, 3.05) is 19.8 Å². The fraction of sp³-hybridized carbons (Fsp3) is 0.300. The largest absolute Gasteiger partial charge is 0.484 e. The third-order valence-corrected chi connectivity index (χ3v) is 4.82. The molecule has 0 aliphatic carbocycles. The van der Waals surface area contributed by atoms with Crippen molar-refractivity contribution in [2.24, 2.45) is 0 Å². The molecule has 2 amide bonds. The van der Waals surface area contributed by atoms with Gasteiger partial charge in [-0.25, -0.2) is 9.87 Å². The minimum Gasteiger partial charge on any atom is -0.484 e. The molecule has 31 heavy (non-hydrogen) atoms. The molecule has 0 aromatic heterocycles. The van der Waals surface area contributed by atoms with Crippen LogP contribution in [0, 0.1) is 5.82 Å². The van der Waals surface area contributed by atoms with Gasteiger partial charge >= 0.3 is 0 Å². The van der Waals surface area contributed by atoms with Crippen molar-refractivity contribution >= 4 is 35.0 Å². The van der Waals surface area contributed by atoms with Crippen LogP contribution < -0.4 is 20.3 Å². The van der Waals surface area contributed by atoms with E-state index in [0.29, 0.717) is 16.3 Å². The van der Waals surface area contributed by atoms with E-state index in [1.807, 2.05) is 0 Å². The highest BCUT2D eigenvalue weighted by Crippen LogP contribution is 2.36. The molecule has 0 unspecified atom stereocenters. The molecule has 0 bridgehead atoms. The highest BCUT2D eigenvalue weighted by Gasteiger charge is 2.31. The molecule has 11 heteroatoms. The molecule has 1 heterocycles. The molecular formula is C20H19Cl2FN2O6. The van der Waals surface area contributed by atoms with Crippen LogP contribution in [0.25, 0.3) is 0 Å². The molecular weight excluding hydrogens is 454 g/mol. The Morgan fingerprint density at radius 1 is 1.23 bits per heavy atom. The third-order valence-electron chi connectivity index (χ3n) is 4.28. The van der Waals surface area contributed by atoms with Crippen molar-refractivity contribution in [2.45, 2.75) is 18.6 Å². The Kier molecular flexibility index (Phi) is 7.91. The first-order chi connectivity index (χ1) is 14.8. The van der Waals surface area contributed by atoms with Crippen molar-refractivity contribution in [3.63, 3.8) is 0 Å². The van der Waals surface area contributed by atoms with Crippen LogP contribution in [0.5, 0.6) is 11.5 Å². The van der Waals surface area contributed by atoms with Crippen molar-refractivity contribution in [1.29, 1.82) is 0 Å². The lowest BCUT2D eigenvalue weighted by Crippen LogP contribution is -2.43. The number of aliphatic hydroxyl groups is 1. The van der Waals surface area contributed by atoms with Gasteiger partial charge in [0.15, 0.2) is 12.7 Å². The highest BCUT2D eigenvalue weighted by molar-refractivity contribution is 6.31. The summed E-state index contributed by atoms with van der Waals surface area (Å²) < 4.78 is 24.0. The second-order valence-electron chi connectivity index (χ2n) is 6.57. The number of aliphatic hydroxyl groups excluding tert-OH is 1. The van der Waals surface area contributed by atoms with Crippen molar-refractivity contribution < 1.29 is 33.4 Å². The summed E-state index contributed by atoms with van der Waals surface area (Å²) in [5.74, 6) is -1.15. The van der Waals surface area contributed by atoms with E-state index in [2.05, 4.69) is 10.8 Å². The average Bonchev–Trinajstić information content (AvgIpc) is 2.74. The van der Waals surface area contributed by atoms with Gasteiger partial charge in [0.05, 0.1) is 17.7 Å². The summed E-state index contributed by atoms with van der Waals surface area (Å²) in [6.45, 7) is -0.328. The number of carbonyl (C=O) groups is 2. The molecule has 166 valence electrons. The van der Waals surface area contributed by atoms with E-state index in [1.165, 1.54) is 12.1 Å². The fourth-order valence-corrected chi connectivity index (χ4v) is 3.09. The molecule has 0 spiro atoms. The number of halogens is 3. The summed E-state index contributed by atoms with van der Waals surface area (Å²) in [6.07, 6.45) is -1.66. The third kappa shape index (κ3) is 6.44. The van der Waals surface area contributed by atoms with Gasteiger partial charge in [-0.2, -0.15) is 0 Å². The Bertz CT molecular complexity index is 961. The Hall–Kier alpha value is -2.59. The van der Waals surface area contributed by atoms with E-state index in [0.717, 1.165) is 6.07 Å². The Balaban J connectivity index is 1.33. The Morgan fingerprint density at radius 2 is 2.03 bits per heavy atom. The standard InChI is InChI=1S/C20H19Cl2FN2O6/c21-11-1-4-17-13(7-11)16(26)9-18(31-17)20(28)24-5-6-30-25-19(27)10-29-12-2-3-14(22)15(23)8-12/h1-4,7-8,16,18,26H,5-6,9-10H2,(H,24,28)(H,25,27)/t16-,18-/m0/s1. The lowest BCUT2D eigenvalue weighted by molar-refractivity contribution is -0.136. The van der Waals surface area contributed by atoms with Gasteiger partial charge in [-0.05, 0) is 30.3 Å². The van der Waals surface area contributed by atoms with Crippen LogP contribution in [0.4, 0.5) is 4.39 Å². The van der Waals surface area contributed by atoms with Crippen LogP contribution in [0.1, 0.15) is 18.1 Å². The Labute approximate surface area is 187 Å². The maximum absolute atomic E-state index is 13.3. The molecule has 3 N–H and O–H groups in total. The quantitative estimate of drug-likeness (QED) is 0.402. The second kappa shape index (κ2) is 10.6. The molecule has 8 nitrogen and oxygen atoms in total. The van der Waals surface area contributed by atoms with Crippen LogP contribution in [0.15, 0.2) is 36.4 Å². The molecule has 2 atom stereocenters. The molecule has 1 aliphatic heterocycles. The minimum absolute atomic E-state index is 0.0193. The van der Waals surface area contributed by atoms with Gasteiger partial charge < -0.3 is 19.9 Å². The van der Waals surface area contributed by atoms with Crippen LogP contribution in [0.3, 0.4) is 0 Å². The maximum Gasteiger partial charge on any atom is 0.281 e. The van der Waals surface area contributed by atoms with Crippen molar-refractivity contribution in [3.05, 3.63) is 57.8 Å². The van der Waals surface area contributed by atoms with Gasteiger partial charge in [0.1, 0.15) is 17.3 Å². The lowest BCUT2D eigenvalue weighted by atomic mass is 9.99. The van der Waals surface area contributed by atoms with Crippen molar-refractivity contribution in [3.8, 4) is 11.5 Å². The Morgan fingerprint density at radius 3 is 2.81 bits per heavy atom. The zero-order valence-electron chi connectivity index (χ0n) is 16.1. The number of hydrogen-bond donors (Lipinski definition) is 3. The maximum atomic E-state index is 13.3. The van der Waals surface area contributed by atoms with E-state index >= 15 is 0 Å². The fourth-order valence-electron chi connectivity index (χ4n) is 2.79. The van der Waals surface area contributed by atoms with Gasteiger partial charge in [0.2, 0.25) is 0 Å². The number of amides is 2. The van der Waals surface area contributed by atoms with E-state index < -0.39 is 36.4 Å².